The molecule has 0 bridgehead atoms. The molecule has 0 spiro atoms. The van der Waals surface area contributed by atoms with Crippen LogP contribution in [0.25, 0.3) is 0 Å². The molecule has 6 nitrogen and oxygen atoms in total. The highest BCUT2D eigenvalue weighted by molar-refractivity contribution is 6.08. The number of benzene rings is 3. The van der Waals surface area contributed by atoms with Crippen LogP contribution in [0.3, 0.4) is 0 Å². The Balaban J connectivity index is 1.44. The molecule has 0 unspecified atom stereocenters. The third-order valence-electron chi connectivity index (χ3n) is 6.46. The highest BCUT2D eigenvalue weighted by Gasteiger charge is 2.23. The minimum atomic E-state index is -0.159. The SMILES string of the molecule is Cc1ccccc1C(=O)Nc1ccc(C(=O)N2CCCCc3cc(OCCCN(C)C)ccc32)cc1. The zero-order valence-corrected chi connectivity index (χ0v) is 21.4. The van der Waals surface area contributed by atoms with Crippen LogP contribution in [0.4, 0.5) is 11.4 Å². The van der Waals surface area contributed by atoms with Crippen LogP contribution in [0.2, 0.25) is 0 Å². The van der Waals surface area contributed by atoms with Gasteiger partial charge in [0.15, 0.2) is 0 Å². The predicted octanol–water partition coefficient (Wildman–Crippen LogP) is 5.56. The van der Waals surface area contributed by atoms with E-state index in [-0.39, 0.29) is 11.8 Å². The summed E-state index contributed by atoms with van der Waals surface area (Å²) in [5.74, 6) is 0.665. The van der Waals surface area contributed by atoms with E-state index in [4.69, 9.17) is 4.74 Å². The molecular formula is C30H35N3O3. The molecule has 0 saturated heterocycles. The first-order valence-corrected chi connectivity index (χ1v) is 12.6. The van der Waals surface area contributed by atoms with Crippen LogP contribution < -0.4 is 15.0 Å². The van der Waals surface area contributed by atoms with Crippen LogP contribution in [0, 0.1) is 6.92 Å². The quantitative estimate of drug-likeness (QED) is 0.424. The molecule has 188 valence electrons. The van der Waals surface area contributed by atoms with Gasteiger partial charge >= 0.3 is 0 Å². The molecule has 1 heterocycles. The van der Waals surface area contributed by atoms with E-state index in [2.05, 4.69) is 30.4 Å². The fourth-order valence-corrected chi connectivity index (χ4v) is 4.48. The number of hydrogen-bond acceptors (Lipinski definition) is 4. The van der Waals surface area contributed by atoms with Crippen LogP contribution in [0.5, 0.6) is 5.75 Å². The number of hydrogen-bond donors (Lipinski definition) is 1. The largest absolute Gasteiger partial charge is 0.494 e. The fourth-order valence-electron chi connectivity index (χ4n) is 4.48. The third kappa shape index (κ3) is 6.32. The molecule has 36 heavy (non-hydrogen) atoms. The molecule has 1 aliphatic rings. The lowest BCUT2D eigenvalue weighted by molar-refractivity contribution is 0.0985. The van der Waals surface area contributed by atoms with Gasteiger partial charge in [-0.1, -0.05) is 18.2 Å². The van der Waals surface area contributed by atoms with Crippen LogP contribution >= 0.6 is 0 Å². The second-order valence-corrected chi connectivity index (χ2v) is 9.56. The molecule has 0 fully saturated rings. The maximum Gasteiger partial charge on any atom is 0.258 e. The maximum absolute atomic E-state index is 13.5. The molecule has 3 aromatic rings. The summed E-state index contributed by atoms with van der Waals surface area (Å²) >= 11 is 0. The third-order valence-corrected chi connectivity index (χ3v) is 6.46. The second kappa shape index (κ2) is 11.9. The highest BCUT2D eigenvalue weighted by Crippen LogP contribution is 2.31. The van der Waals surface area contributed by atoms with Crippen molar-refractivity contribution in [2.24, 2.45) is 0 Å². The molecule has 0 saturated carbocycles. The summed E-state index contributed by atoms with van der Waals surface area (Å²) in [4.78, 5) is 30.1. The fraction of sp³-hybridized carbons (Fsp3) is 0.333. The summed E-state index contributed by atoms with van der Waals surface area (Å²) in [5, 5.41) is 2.92. The monoisotopic (exact) mass is 485 g/mol. The zero-order valence-electron chi connectivity index (χ0n) is 21.4. The van der Waals surface area contributed by atoms with E-state index < -0.39 is 0 Å². The van der Waals surface area contributed by atoms with E-state index in [9.17, 15) is 9.59 Å². The highest BCUT2D eigenvalue weighted by atomic mass is 16.5. The van der Waals surface area contributed by atoms with Gasteiger partial charge in [-0.2, -0.15) is 0 Å². The molecule has 0 radical (unpaired) electrons. The Kier molecular flexibility index (Phi) is 8.39. The van der Waals surface area contributed by atoms with Crippen LogP contribution in [-0.2, 0) is 6.42 Å². The number of rotatable bonds is 8. The van der Waals surface area contributed by atoms with E-state index in [1.165, 1.54) is 0 Å². The van der Waals surface area contributed by atoms with Gasteiger partial charge in [-0.25, -0.2) is 0 Å². The zero-order chi connectivity index (χ0) is 25.5. The van der Waals surface area contributed by atoms with Crippen LogP contribution in [0.1, 0.15) is 51.1 Å². The average Bonchev–Trinajstić information content (AvgIpc) is 3.09. The van der Waals surface area contributed by atoms with Gasteiger partial charge in [0.05, 0.1) is 6.61 Å². The maximum atomic E-state index is 13.5. The molecule has 6 heteroatoms. The number of nitrogens with one attached hydrogen (secondary N) is 1. The number of nitrogens with zero attached hydrogens (tertiary/aromatic N) is 2. The van der Waals surface area contributed by atoms with Crippen molar-refractivity contribution in [1.29, 1.82) is 0 Å². The Bertz CT molecular complexity index is 1200. The number of ether oxygens (including phenoxy) is 1. The normalized spacial score (nSPS) is 13.2. The summed E-state index contributed by atoms with van der Waals surface area (Å²) in [6.45, 7) is 4.25. The minimum absolute atomic E-state index is 0.0328. The van der Waals surface area contributed by atoms with Crippen molar-refractivity contribution < 1.29 is 14.3 Å². The van der Waals surface area contributed by atoms with E-state index >= 15 is 0 Å². The van der Waals surface area contributed by atoms with E-state index in [1.54, 1.807) is 30.3 Å². The molecule has 0 atom stereocenters. The van der Waals surface area contributed by atoms with Crippen LogP contribution in [0.15, 0.2) is 66.7 Å². The van der Waals surface area contributed by atoms with Crippen molar-refractivity contribution in [3.05, 3.63) is 89.0 Å². The molecular weight excluding hydrogens is 450 g/mol. The number of amides is 2. The van der Waals surface area contributed by atoms with Crippen molar-refractivity contribution in [3.63, 3.8) is 0 Å². The van der Waals surface area contributed by atoms with E-state index in [1.807, 2.05) is 42.2 Å². The summed E-state index contributed by atoms with van der Waals surface area (Å²) in [6.07, 6.45) is 3.88. The topological polar surface area (TPSA) is 61.9 Å². The standard InChI is InChI=1S/C30H35N3O3/c1-22-9-4-5-11-27(22)29(34)31-25-14-12-23(13-15-25)30(35)33-19-7-6-10-24-21-26(16-17-28(24)33)36-20-8-18-32(2)3/h4-5,9,11-17,21H,6-8,10,18-20H2,1-3H3,(H,31,34). The molecule has 0 aromatic heterocycles. The number of carbonyl (C=O) groups excluding carboxylic acids is 2. The Morgan fingerprint density at radius 3 is 2.53 bits per heavy atom. The lowest BCUT2D eigenvalue weighted by Crippen LogP contribution is -2.31. The van der Waals surface area contributed by atoms with Gasteiger partial charge in [0.1, 0.15) is 5.75 Å². The Morgan fingerprint density at radius 2 is 1.78 bits per heavy atom. The molecule has 1 aliphatic heterocycles. The van der Waals surface area contributed by atoms with Gasteiger partial charge in [-0.3, -0.25) is 9.59 Å². The van der Waals surface area contributed by atoms with Gasteiger partial charge in [-0.15, -0.1) is 0 Å². The predicted molar refractivity (Wildman–Crippen MR) is 145 cm³/mol. The first-order chi connectivity index (χ1) is 17.4. The van der Waals surface area contributed by atoms with E-state index in [0.717, 1.165) is 54.8 Å². The van der Waals surface area contributed by atoms with E-state index in [0.29, 0.717) is 30.0 Å². The van der Waals surface area contributed by atoms with Gasteiger partial charge in [-0.05, 0) is 106 Å². The lowest BCUT2D eigenvalue weighted by atomic mass is 10.1. The van der Waals surface area contributed by atoms with Crippen molar-refractivity contribution in [3.8, 4) is 5.75 Å². The molecule has 0 aliphatic carbocycles. The van der Waals surface area contributed by atoms with Gasteiger partial charge in [0, 0.05) is 35.6 Å². The summed E-state index contributed by atoms with van der Waals surface area (Å²) in [6, 6.07) is 20.7. The molecule has 4 rings (SSSR count). The molecule has 1 N–H and O–H groups in total. The van der Waals surface area contributed by atoms with Crippen molar-refractivity contribution in [2.45, 2.75) is 32.6 Å². The van der Waals surface area contributed by atoms with Gasteiger partial charge in [0.2, 0.25) is 0 Å². The lowest BCUT2D eigenvalue weighted by Gasteiger charge is -2.23. The molecule has 3 aromatic carbocycles. The summed E-state index contributed by atoms with van der Waals surface area (Å²) in [7, 11) is 4.12. The van der Waals surface area contributed by atoms with Crippen LogP contribution in [-0.4, -0.2) is 50.5 Å². The molecule has 2 amide bonds. The minimum Gasteiger partial charge on any atom is -0.494 e. The Labute approximate surface area is 213 Å². The second-order valence-electron chi connectivity index (χ2n) is 9.56. The van der Waals surface area contributed by atoms with Crippen molar-refractivity contribution in [2.75, 3.05) is 44.0 Å². The average molecular weight is 486 g/mol. The van der Waals surface area contributed by atoms with Crippen molar-refractivity contribution in [1.82, 2.24) is 4.90 Å². The number of anilines is 2. The number of carbonyl (C=O) groups is 2. The van der Waals surface area contributed by atoms with Crippen molar-refractivity contribution >= 4 is 23.2 Å². The number of aryl methyl sites for hydroxylation is 2. The first kappa shape index (κ1) is 25.5. The van der Waals surface area contributed by atoms with Gasteiger partial charge in [0.25, 0.3) is 11.8 Å². The first-order valence-electron chi connectivity index (χ1n) is 12.6. The number of fused-ring (bicyclic) bond motifs is 1. The smallest absolute Gasteiger partial charge is 0.258 e. The summed E-state index contributed by atoms with van der Waals surface area (Å²) in [5.41, 5.74) is 4.92. The summed E-state index contributed by atoms with van der Waals surface area (Å²) < 4.78 is 5.96. The van der Waals surface area contributed by atoms with Gasteiger partial charge < -0.3 is 19.9 Å². The Morgan fingerprint density at radius 1 is 1.00 bits per heavy atom. The Hall–Kier alpha value is -3.64.